The molecule has 1 saturated heterocycles. The van der Waals surface area contributed by atoms with Crippen LogP contribution in [0.15, 0.2) is 24.3 Å². The lowest BCUT2D eigenvalue weighted by atomic mass is 9.92. The van der Waals surface area contributed by atoms with Gasteiger partial charge < -0.3 is 14.4 Å². The van der Waals surface area contributed by atoms with E-state index in [9.17, 15) is 9.59 Å². The zero-order valence-electron chi connectivity index (χ0n) is 13.5. The van der Waals surface area contributed by atoms with E-state index in [1.165, 1.54) is 0 Å². The minimum Gasteiger partial charge on any atom is -0.492 e. The Morgan fingerprint density at radius 2 is 2.13 bits per heavy atom. The molecule has 5 nitrogen and oxygen atoms in total. The van der Waals surface area contributed by atoms with Crippen molar-refractivity contribution in [2.75, 3.05) is 26.3 Å². The first kappa shape index (κ1) is 15.8. The highest BCUT2D eigenvalue weighted by Gasteiger charge is 2.34. The van der Waals surface area contributed by atoms with Crippen LogP contribution in [0.3, 0.4) is 0 Å². The summed E-state index contributed by atoms with van der Waals surface area (Å²) in [5, 5.41) is 0. The van der Waals surface area contributed by atoms with Crippen LogP contribution in [-0.4, -0.2) is 43.1 Å². The molecule has 0 saturated carbocycles. The average Bonchev–Trinajstić information content (AvgIpc) is 2.61. The molecule has 0 aromatic heterocycles. The summed E-state index contributed by atoms with van der Waals surface area (Å²) in [6.07, 6.45) is 2.35. The Kier molecular flexibility index (Phi) is 4.84. The Labute approximate surface area is 136 Å². The molecule has 1 aromatic rings. The van der Waals surface area contributed by atoms with Gasteiger partial charge in [-0.05, 0) is 37.8 Å². The van der Waals surface area contributed by atoms with E-state index in [-0.39, 0.29) is 23.7 Å². The van der Waals surface area contributed by atoms with E-state index in [0.717, 1.165) is 24.2 Å². The van der Waals surface area contributed by atoms with Crippen molar-refractivity contribution in [1.29, 1.82) is 0 Å². The number of ether oxygens (including phenoxy) is 2. The number of piperidine rings is 1. The van der Waals surface area contributed by atoms with Crippen molar-refractivity contribution in [3.8, 4) is 5.75 Å². The maximum absolute atomic E-state index is 12.8. The van der Waals surface area contributed by atoms with E-state index < -0.39 is 0 Å². The lowest BCUT2D eigenvalue weighted by Crippen LogP contribution is -2.47. The van der Waals surface area contributed by atoms with Gasteiger partial charge in [0, 0.05) is 13.1 Å². The Hall–Kier alpha value is -2.04. The largest absolute Gasteiger partial charge is 0.492 e. The van der Waals surface area contributed by atoms with Gasteiger partial charge in [-0.3, -0.25) is 9.59 Å². The van der Waals surface area contributed by atoms with E-state index in [4.69, 9.17) is 9.47 Å². The van der Waals surface area contributed by atoms with Crippen molar-refractivity contribution in [3.63, 3.8) is 0 Å². The molecule has 0 bridgehead atoms. The zero-order valence-corrected chi connectivity index (χ0v) is 13.5. The standard InChI is InChI=1S/C18H23NO4/c1-2-22-18(21)14-7-5-9-19(11-14)17(20)15-10-13-6-3-4-8-16(13)23-12-15/h3-4,6,8,14-15H,2,5,7,9-12H2,1H3. The molecule has 5 heteroatoms. The number of rotatable bonds is 3. The molecule has 2 atom stereocenters. The van der Waals surface area contributed by atoms with Gasteiger partial charge >= 0.3 is 5.97 Å². The summed E-state index contributed by atoms with van der Waals surface area (Å²) in [4.78, 5) is 26.5. The summed E-state index contributed by atoms with van der Waals surface area (Å²) < 4.78 is 10.8. The number of para-hydroxylation sites is 1. The predicted octanol–water partition coefficient (Wildman–Crippen LogP) is 2.04. The fourth-order valence-corrected chi connectivity index (χ4v) is 3.37. The highest BCUT2D eigenvalue weighted by Crippen LogP contribution is 2.29. The van der Waals surface area contributed by atoms with Crippen LogP contribution in [0.4, 0.5) is 0 Å². The number of hydrogen-bond donors (Lipinski definition) is 0. The van der Waals surface area contributed by atoms with Gasteiger partial charge in [0.2, 0.25) is 5.91 Å². The number of nitrogens with zero attached hydrogens (tertiary/aromatic N) is 1. The quantitative estimate of drug-likeness (QED) is 0.801. The molecule has 0 radical (unpaired) electrons. The van der Waals surface area contributed by atoms with Crippen LogP contribution in [0.25, 0.3) is 0 Å². The van der Waals surface area contributed by atoms with E-state index >= 15 is 0 Å². The molecule has 2 unspecified atom stereocenters. The second-order valence-corrected chi connectivity index (χ2v) is 6.20. The number of hydrogen-bond acceptors (Lipinski definition) is 4. The van der Waals surface area contributed by atoms with Crippen molar-refractivity contribution in [2.24, 2.45) is 11.8 Å². The molecule has 23 heavy (non-hydrogen) atoms. The molecule has 0 spiro atoms. The van der Waals surface area contributed by atoms with E-state index in [1.54, 1.807) is 6.92 Å². The number of esters is 1. The SMILES string of the molecule is CCOC(=O)C1CCCN(C(=O)C2COc3ccccc3C2)C1. The lowest BCUT2D eigenvalue weighted by molar-refractivity contribution is -0.152. The minimum absolute atomic E-state index is 0.0912. The van der Waals surface area contributed by atoms with Crippen LogP contribution in [0, 0.1) is 11.8 Å². The third-order valence-corrected chi connectivity index (χ3v) is 4.58. The van der Waals surface area contributed by atoms with E-state index in [2.05, 4.69) is 0 Å². The lowest BCUT2D eigenvalue weighted by Gasteiger charge is -2.35. The summed E-state index contributed by atoms with van der Waals surface area (Å²) in [5.41, 5.74) is 1.08. The second kappa shape index (κ2) is 7.02. The highest BCUT2D eigenvalue weighted by atomic mass is 16.5. The third-order valence-electron chi connectivity index (χ3n) is 4.58. The average molecular weight is 317 g/mol. The van der Waals surface area contributed by atoms with Crippen molar-refractivity contribution in [3.05, 3.63) is 29.8 Å². The van der Waals surface area contributed by atoms with Crippen molar-refractivity contribution in [2.45, 2.75) is 26.2 Å². The van der Waals surface area contributed by atoms with Gasteiger partial charge in [0.15, 0.2) is 0 Å². The molecule has 2 heterocycles. The minimum atomic E-state index is -0.190. The Morgan fingerprint density at radius 1 is 1.30 bits per heavy atom. The summed E-state index contributed by atoms with van der Waals surface area (Å²) >= 11 is 0. The maximum Gasteiger partial charge on any atom is 0.310 e. The maximum atomic E-state index is 12.8. The summed E-state index contributed by atoms with van der Waals surface area (Å²) in [7, 11) is 0. The fourth-order valence-electron chi connectivity index (χ4n) is 3.37. The monoisotopic (exact) mass is 317 g/mol. The number of carbonyl (C=O) groups is 2. The predicted molar refractivity (Wildman–Crippen MR) is 85.1 cm³/mol. The van der Waals surface area contributed by atoms with Gasteiger partial charge in [-0.15, -0.1) is 0 Å². The van der Waals surface area contributed by atoms with Crippen molar-refractivity contribution < 1.29 is 19.1 Å². The van der Waals surface area contributed by atoms with E-state index in [1.807, 2.05) is 29.2 Å². The summed E-state index contributed by atoms with van der Waals surface area (Å²) in [6.45, 7) is 3.79. The topological polar surface area (TPSA) is 55.8 Å². The Bertz CT molecular complexity index is 586. The molecule has 3 rings (SSSR count). The summed E-state index contributed by atoms with van der Waals surface area (Å²) in [6, 6.07) is 7.85. The number of likely N-dealkylation sites (tertiary alicyclic amines) is 1. The normalized spacial score (nSPS) is 23.6. The third kappa shape index (κ3) is 3.49. The molecule has 2 aliphatic rings. The van der Waals surface area contributed by atoms with Crippen LogP contribution in [0.5, 0.6) is 5.75 Å². The van der Waals surface area contributed by atoms with Crippen molar-refractivity contribution in [1.82, 2.24) is 4.90 Å². The molecule has 0 N–H and O–H groups in total. The molecule has 1 fully saturated rings. The van der Waals surface area contributed by atoms with Crippen LogP contribution in [0.1, 0.15) is 25.3 Å². The first-order valence-electron chi connectivity index (χ1n) is 8.35. The van der Waals surface area contributed by atoms with Gasteiger partial charge in [0.1, 0.15) is 12.4 Å². The zero-order chi connectivity index (χ0) is 16.2. The fraction of sp³-hybridized carbons (Fsp3) is 0.556. The first-order valence-corrected chi connectivity index (χ1v) is 8.35. The Balaban J connectivity index is 1.63. The number of amides is 1. The van der Waals surface area contributed by atoms with Gasteiger partial charge in [0.25, 0.3) is 0 Å². The first-order chi connectivity index (χ1) is 11.2. The van der Waals surface area contributed by atoms with Crippen LogP contribution in [-0.2, 0) is 20.7 Å². The molecule has 0 aliphatic carbocycles. The van der Waals surface area contributed by atoms with Gasteiger partial charge in [0.05, 0.1) is 18.4 Å². The number of carbonyl (C=O) groups excluding carboxylic acids is 2. The van der Waals surface area contributed by atoms with Crippen LogP contribution < -0.4 is 4.74 Å². The molecular weight excluding hydrogens is 294 g/mol. The smallest absolute Gasteiger partial charge is 0.310 e. The van der Waals surface area contributed by atoms with Crippen LogP contribution >= 0.6 is 0 Å². The molecule has 2 aliphatic heterocycles. The van der Waals surface area contributed by atoms with Gasteiger partial charge in [-0.25, -0.2) is 0 Å². The second-order valence-electron chi connectivity index (χ2n) is 6.20. The van der Waals surface area contributed by atoms with Gasteiger partial charge in [-0.2, -0.15) is 0 Å². The van der Waals surface area contributed by atoms with Crippen molar-refractivity contribution >= 4 is 11.9 Å². The molecule has 124 valence electrons. The molecule has 1 aromatic carbocycles. The summed E-state index contributed by atoms with van der Waals surface area (Å²) in [5.74, 6) is 0.429. The van der Waals surface area contributed by atoms with E-state index in [0.29, 0.717) is 32.7 Å². The number of fused-ring (bicyclic) bond motifs is 1. The molecular formula is C18H23NO4. The van der Waals surface area contributed by atoms with Gasteiger partial charge in [-0.1, -0.05) is 18.2 Å². The number of benzene rings is 1. The Morgan fingerprint density at radius 3 is 2.96 bits per heavy atom. The highest BCUT2D eigenvalue weighted by molar-refractivity contribution is 5.81. The molecule has 1 amide bonds. The van der Waals surface area contributed by atoms with Crippen LogP contribution in [0.2, 0.25) is 0 Å².